The van der Waals surface area contributed by atoms with Gasteiger partial charge in [-0.1, -0.05) is 6.07 Å². The van der Waals surface area contributed by atoms with Gasteiger partial charge < -0.3 is 14.6 Å². The van der Waals surface area contributed by atoms with Gasteiger partial charge in [-0.15, -0.1) is 11.3 Å². The number of hydrogen-bond acceptors (Lipinski definition) is 5. The molecule has 5 nitrogen and oxygen atoms in total. The van der Waals surface area contributed by atoms with Crippen LogP contribution in [0.1, 0.15) is 15.2 Å². The van der Waals surface area contributed by atoms with Crippen LogP contribution in [-0.4, -0.2) is 41.5 Å². The molecule has 6 heteroatoms. The number of carbonyl (C=O) groups excluding carboxylic acids is 1. The third kappa shape index (κ3) is 3.03. The van der Waals surface area contributed by atoms with Gasteiger partial charge in [0.2, 0.25) is 0 Å². The van der Waals surface area contributed by atoms with Crippen LogP contribution in [0, 0.1) is 0 Å². The Morgan fingerprint density at radius 1 is 1.41 bits per heavy atom. The van der Waals surface area contributed by atoms with Gasteiger partial charge in [-0.2, -0.15) is 0 Å². The van der Waals surface area contributed by atoms with Crippen molar-refractivity contribution in [2.45, 2.75) is 6.42 Å². The minimum atomic E-state index is -0.366. The Bertz CT molecular complexity index is 778. The summed E-state index contributed by atoms with van der Waals surface area (Å²) in [4.78, 5) is 21.9. The minimum Gasteiger partial charge on any atom is -0.422 e. The number of carbonyl (C=O) groups is 1. The molecule has 0 bridgehead atoms. The van der Waals surface area contributed by atoms with Crippen molar-refractivity contribution >= 4 is 28.2 Å². The van der Waals surface area contributed by atoms with Crippen LogP contribution in [0.4, 0.5) is 0 Å². The van der Waals surface area contributed by atoms with Crippen molar-refractivity contribution in [1.29, 1.82) is 0 Å². The highest BCUT2D eigenvalue weighted by atomic mass is 32.1. The Morgan fingerprint density at radius 2 is 2.27 bits per heavy atom. The molecule has 22 heavy (non-hydrogen) atoms. The fraction of sp³-hybridized carbons (Fsp3) is 0.250. The van der Waals surface area contributed by atoms with Gasteiger partial charge in [0.1, 0.15) is 10.6 Å². The lowest BCUT2D eigenvalue weighted by Crippen LogP contribution is -2.15. The normalized spacial score (nSPS) is 11.2. The van der Waals surface area contributed by atoms with Gasteiger partial charge in [0.15, 0.2) is 0 Å². The maximum atomic E-state index is 12.1. The summed E-state index contributed by atoms with van der Waals surface area (Å²) in [6, 6.07) is 5.69. The van der Waals surface area contributed by atoms with Crippen LogP contribution in [0.15, 0.2) is 36.1 Å². The number of rotatable bonds is 5. The van der Waals surface area contributed by atoms with Crippen LogP contribution in [0.2, 0.25) is 0 Å². The summed E-state index contributed by atoms with van der Waals surface area (Å²) < 4.78 is 5.58. The van der Waals surface area contributed by atoms with Crippen molar-refractivity contribution in [1.82, 2.24) is 14.9 Å². The Kier molecular flexibility index (Phi) is 4.22. The van der Waals surface area contributed by atoms with Crippen molar-refractivity contribution in [3.05, 3.63) is 46.5 Å². The van der Waals surface area contributed by atoms with Gasteiger partial charge in [-0.25, -0.2) is 4.79 Å². The van der Waals surface area contributed by atoms with E-state index in [0.29, 0.717) is 10.6 Å². The summed E-state index contributed by atoms with van der Waals surface area (Å²) in [5.41, 5.74) is 3.75. The molecule has 2 aromatic heterocycles. The van der Waals surface area contributed by atoms with Crippen LogP contribution >= 0.6 is 11.3 Å². The highest BCUT2D eigenvalue weighted by Crippen LogP contribution is 2.30. The van der Waals surface area contributed by atoms with Gasteiger partial charge in [-0.05, 0) is 38.2 Å². The van der Waals surface area contributed by atoms with Gasteiger partial charge >= 0.3 is 5.97 Å². The molecule has 0 atom stereocenters. The number of aromatic nitrogens is 2. The van der Waals surface area contributed by atoms with Crippen molar-refractivity contribution in [2.24, 2.45) is 0 Å². The molecule has 0 fully saturated rings. The molecule has 0 aliphatic rings. The lowest BCUT2D eigenvalue weighted by molar-refractivity contribution is 0.0742. The quantitative estimate of drug-likeness (QED) is 0.581. The standard InChI is InChI=1S/C16H17N3O2S/c1-19(2)7-6-11-8-18-12-4-3-5-13(15(11)12)21-16(20)14-9-17-10-22-14/h3-5,8-10,18H,6-7H2,1-2H3. The Hall–Kier alpha value is -2.18. The zero-order chi connectivity index (χ0) is 15.5. The van der Waals surface area contributed by atoms with Crippen LogP contribution in [-0.2, 0) is 6.42 Å². The number of thiazole rings is 1. The Morgan fingerprint density at radius 3 is 3.00 bits per heavy atom. The SMILES string of the molecule is CN(C)CCc1c[nH]c2cccc(OC(=O)c3cncs3)c12. The van der Waals surface area contributed by atoms with E-state index in [1.807, 2.05) is 38.5 Å². The molecule has 0 unspecified atom stereocenters. The molecular weight excluding hydrogens is 298 g/mol. The third-order valence-electron chi connectivity index (χ3n) is 3.41. The Balaban J connectivity index is 1.91. The van der Waals surface area contributed by atoms with Crippen molar-refractivity contribution in [3.63, 3.8) is 0 Å². The molecule has 3 rings (SSSR count). The summed E-state index contributed by atoms with van der Waals surface area (Å²) in [6.45, 7) is 0.935. The topological polar surface area (TPSA) is 58.2 Å². The number of benzene rings is 1. The number of aromatic amines is 1. The lowest BCUT2D eigenvalue weighted by atomic mass is 10.1. The van der Waals surface area contributed by atoms with Crippen LogP contribution < -0.4 is 4.74 Å². The van der Waals surface area contributed by atoms with Crippen LogP contribution in [0.5, 0.6) is 5.75 Å². The first-order valence-electron chi connectivity index (χ1n) is 6.99. The van der Waals surface area contributed by atoms with E-state index in [4.69, 9.17) is 4.74 Å². The molecule has 0 saturated carbocycles. The van der Waals surface area contributed by atoms with E-state index in [0.717, 1.165) is 29.4 Å². The van der Waals surface area contributed by atoms with E-state index in [1.165, 1.54) is 17.5 Å². The van der Waals surface area contributed by atoms with Gasteiger partial charge in [0, 0.05) is 23.6 Å². The summed E-state index contributed by atoms with van der Waals surface area (Å²) in [7, 11) is 4.08. The summed E-state index contributed by atoms with van der Waals surface area (Å²) in [6.07, 6.45) is 4.40. The van der Waals surface area contributed by atoms with E-state index in [1.54, 1.807) is 5.51 Å². The second-order valence-corrected chi connectivity index (χ2v) is 6.19. The zero-order valence-electron chi connectivity index (χ0n) is 12.5. The predicted octanol–water partition coefficient (Wildman–Crippen LogP) is 2.95. The molecule has 2 heterocycles. The monoisotopic (exact) mass is 315 g/mol. The molecule has 1 aromatic carbocycles. The number of hydrogen-bond donors (Lipinski definition) is 1. The molecule has 0 saturated heterocycles. The maximum Gasteiger partial charge on any atom is 0.355 e. The van der Waals surface area contributed by atoms with E-state index < -0.39 is 0 Å². The van der Waals surface area contributed by atoms with Gasteiger partial charge in [-0.3, -0.25) is 4.98 Å². The minimum absolute atomic E-state index is 0.366. The van der Waals surface area contributed by atoms with Crippen molar-refractivity contribution < 1.29 is 9.53 Å². The number of esters is 1. The van der Waals surface area contributed by atoms with Crippen molar-refractivity contribution in [2.75, 3.05) is 20.6 Å². The molecule has 114 valence electrons. The molecule has 0 aliphatic heterocycles. The summed E-state index contributed by atoms with van der Waals surface area (Å²) in [5, 5.41) is 0.974. The molecule has 0 spiro atoms. The summed E-state index contributed by atoms with van der Waals surface area (Å²) in [5.74, 6) is 0.223. The number of ether oxygens (including phenoxy) is 1. The molecule has 1 N–H and O–H groups in total. The summed E-state index contributed by atoms with van der Waals surface area (Å²) >= 11 is 1.28. The Labute approximate surface area is 132 Å². The highest BCUT2D eigenvalue weighted by molar-refractivity contribution is 7.11. The molecule has 0 amide bonds. The number of fused-ring (bicyclic) bond motifs is 1. The lowest BCUT2D eigenvalue weighted by Gasteiger charge is -2.10. The number of nitrogens with zero attached hydrogens (tertiary/aromatic N) is 2. The number of likely N-dealkylation sites (N-methyl/N-ethyl adjacent to an activating group) is 1. The maximum absolute atomic E-state index is 12.1. The van der Waals surface area contributed by atoms with E-state index in [9.17, 15) is 4.79 Å². The first-order valence-corrected chi connectivity index (χ1v) is 7.87. The molecule has 3 aromatic rings. The van der Waals surface area contributed by atoms with Crippen LogP contribution in [0.3, 0.4) is 0 Å². The fourth-order valence-electron chi connectivity index (χ4n) is 2.31. The van der Waals surface area contributed by atoms with E-state index in [2.05, 4.69) is 14.9 Å². The van der Waals surface area contributed by atoms with E-state index >= 15 is 0 Å². The first-order chi connectivity index (χ1) is 10.6. The highest BCUT2D eigenvalue weighted by Gasteiger charge is 2.15. The molecule has 0 aliphatic carbocycles. The smallest absolute Gasteiger partial charge is 0.355 e. The van der Waals surface area contributed by atoms with Gasteiger partial charge in [0.25, 0.3) is 0 Å². The predicted molar refractivity (Wildman–Crippen MR) is 87.6 cm³/mol. The first kappa shape index (κ1) is 14.7. The van der Waals surface area contributed by atoms with Crippen molar-refractivity contribution in [3.8, 4) is 5.75 Å². The average Bonchev–Trinajstić information content (AvgIpc) is 3.15. The van der Waals surface area contributed by atoms with Gasteiger partial charge in [0.05, 0.1) is 11.7 Å². The fourth-order valence-corrected chi connectivity index (χ4v) is 2.81. The largest absolute Gasteiger partial charge is 0.422 e. The van der Waals surface area contributed by atoms with E-state index in [-0.39, 0.29) is 5.97 Å². The second-order valence-electron chi connectivity index (χ2n) is 5.30. The molecular formula is C16H17N3O2S. The zero-order valence-corrected chi connectivity index (χ0v) is 13.3. The number of nitrogens with one attached hydrogen (secondary N) is 1. The average molecular weight is 315 g/mol. The second kappa shape index (κ2) is 6.29. The van der Waals surface area contributed by atoms with Crippen LogP contribution in [0.25, 0.3) is 10.9 Å². The molecule has 0 radical (unpaired) electrons. The third-order valence-corrected chi connectivity index (χ3v) is 4.17. The number of H-pyrrole nitrogens is 1.